The molecule has 0 aromatic carbocycles. The van der Waals surface area contributed by atoms with Crippen molar-refractivity contribution in [1.82, 2.24) is 5.16 Å². The summed E-state index contributed by atoms with van der Waals surface area (Å²) in [6.07, 6.45) is 1.88. The van der Waals surface area contributed by atoms with Gasteiger partial charge in [0.25, 0.3) is 0 Å². The van der Waals surface area contributed by atoms with Gasteiger partial charge in [0, 0.05) is 6.42 Å². The standard InChI is InChI=1S/C7H10N2O2/c1-3-7(10)8-6-4-11-9-5(6)2/h4H,3H2,1-2H3,(H,8,10). The molecule has 0 saturated heterocycles. The number of aromatic nitrogens is 1. The first-order valence-electron chi connectivity index (χ1n) is 3.45. The quantitative estimate of drug-likeness (QED) is 0.699. The lowest BCUT2D eigenvalue weighted by molar-refractivity contribution is -0.115. The summed E-state index contributed by atoms with van der Waals surface area (Å²) in [4.78, 5) is 10.9. The first-order valence-corrected chi connectivity index (χ1v) is 3.45. The first-order chi connectivity index (χ1) is 5.24. The average molecular weight is 154 g/mol. The Hall–Kier alpha value is -1.32. The van der Waals surface area contributed by atoms with E-state index in [1.807, 2.05) is 0 Å². The van der Waals surface area contributed by atoms with Crippen molar-refractivity contribution in [2.24, 2.45) is 0 Å². The van der Waals surface area contributed by atoms with E-state index < -0.39 is 0 Å². The fourth-order valence-electron chi connectivity index (χ4n) is 0.651. The molecule has 60 valence electrons. The number of rotatable bonds is 2. The normalized spacial score (nSPS) is 9.64. The van der Waals surface area contributed by atoms with Gasteiger partial charge in [0.15, 0.2) is 0 Å². The highest BCUT2D eigenvalue weighted by molar-refractivity contribution is 5.90. The predicted molar refractivity (Wildman–Crippen MR) is 40.2 cm³/mol. The molecule has 0 aliphatic carbocycles. The van der Waals surface area contributed by atoms with Crippen LogP contribution in [0.5, 0.6) is 0 Å². The van der Waals surface area contributed by atoms with Crippen LogP contribution in [0.25, 0.3) is 0 Å². The predicted octanol–water partition coefficient (Wildman–Crippen LogP) is 1.33. The Morgan fingerprint density at radius 1 is 1.82 bits per heavy atom. The Bertz CT molecular complexity index is 255. The molecule has 0 fully saturated rings. The topological polar surface area (TPSA) is 55.1 Å². The molecule has 0 radical (unpaired) electrons. The maximum atomic E-state index is 10.9. The van der Waals surface area contributed by atoms with Crippen molar-refractivity contribution in [3.63, 3.8) is 0 Å². The van der Waals surface area contributed by atoms with Gasteiger partial charge in [0.2, 0.25) is 5.91 Å². The van der Waals surface area contributed by atoms with E-state index in [0.717, 1.165) is 0 Å². The Labute approximate surface area is 64.6 Å². The Morgan fingerprint density at radius 3 is 3.00 bits per heavy atom. The highest BCUT2D eigenvalue weighted by Gasteiger charge is 2.04. The number of carbonyl (C=O) groups is 1. The highest BCUT2D eigenvalue weighted by Crippen LogP contribution is 2.11. The summed E-state index contributed by atoms with van der Waals surface area (Å²) in [5.74, 6) is -0.0312. The lowest BCUT2D eigenvalue weighted by Crippen LogP contribution is -2.09. The van der Waals surface area contributed by atoms with E-state index in [1.165, 1.54) is 6.26 Å². The summed E-state index contributed by atoms with van der Waals surface area (Å²) in [6.45, 7) is 3.56. The van der Waals surface area contributed by atoms with Gasteiger partial charge in [-0.25, -0.2) is 0 Å². The zero-order valence-electron chi connectivity index (χ0n) is 6.55. The molecular weight excluding hydrogens is 144 g/mol. The van der Waals surface area contributed by atoms with Crippen molar-refractivity contribution < 1.29 is 9.32 Å². The van der Waals surface area contributed by atoms with Gasteiger partial charge in [0.1, 0.15) is 17.6 Å². The smallest absolute Gasteiger partial charge is 0.224 e. The van der Waals surface area contributed by atoms with Crippen molar-refractivity contribution in [2.45, 2.75) is 20.3 Å². The van der Waals surface area contributed by atoms with Crippen LogP contribution in [-0.2, 0) is 4.79 Å². The van der Waals surface area contributed by atoms with Crippen molar-refractivity contribution in [2.75, 3.05) is 5.32 Å². The molecule has 4 heteroatoms. The van der Waals surface area contributed by atoms with Crippen molar-refractivity contribution in [3.05, 3.63) is 12.0 Å². The molecule has 1 heterocycles. The molecule has 1 aromatic heterocycles. The van der Waals surface area contributed by atoms with E-state index in [4.69, 9.17) is 0 Å². The van der Waals surface area contributed by atoms with Crippen LogP contribution in [0.2, 0.25) is 0 Å². The van der Waals surface area contributed by atoms with Crippen molar-refractivity contribution in [1.29, 1.82) is 0 Å². The van der Waals surface area contributed by atoms with Gasteiger partial charge in [-0.15, -0.1) is 0 Å². The second-order valence-electron chi connectivity index (χ2n) is 2.22. The monoisotopic (exact) mass is 154 g/mol. The number of nitrogens with zero attached hydrogens (tertiary/aromatic N) is 1. The Morgan fingerprint density at radius 2 is 2.55 bits per heavy atom. The molecule has 0 unspecified atom stereocenters. The summed E-state index contributed by atoms with van der Waals surface area (Å²) in [6, 6.07) is 0. The van der Waals surface area contributed by atoms with Gasteiger partial charge in [-0.2, -0.15) is 0 Å². The summed E-state index contributed by atoms with van der Waals surface area (Å²) in [5.41, 5.74) is 1.35. The third-order valence-electron chi connectivity index (χ3n) is 1.35. The van der Waals surface area contributed by atoms with Gasteiger partial charge in [-0.3, -0.25) is 4.79 Å². The number of carbonyl (C=O) groups excluding carboxylic acids is 1. The number of hydrogen-bond acceptors (Lipinski definition) is 3. The third-order valence-corrected chi connectivity index (χ3v) is 1.35. The van der Waals surface area contributed by atoms with E-state index in [1.54, 1.807) is 13.8 Å². The van der Waals surface area contributed by atoms with Crippen LogP contribution in [0.15, 0.2) is 10.8 Å². The summed E-state index contributed by atoms with van der Waals surface area (Å²) in [7, 11) is 0. The minimum absolute atomic E-state index is 0.0312. The lowest BCUT2D eigenvalue weighted by atomic mass is 10.4. The van der Waals surface area contributed by atoms with Crippen LogP contribution in [-0.4, -0.2) is 11.1 Å². The summed E-state index contributed by atoms with van der Waals surface area (Å²) in [5, 5.41) is 6.26. The number of nitrogens with one attached hydrogen (secondary N) is 1. The van der Waals surface area contributed by atoms with Crippen molar-refractivity contribution >= 4 is 11.6 Å². The minimum atomic E-state index is -0.0312. The van der Waals surface area contributed by atoms with E-state index >= 15 is 0 Å². The van der Waals surface area contributed by atoms with Crippen LogP contribution in [0, 0.1) is 6.92 Å². The lowest BCUT2D eigenvalue weighted by Gasteiger charge is -1.97. The molecule has 0 aliphatic heterocycles. The molecule has 0 bridgehead atoms. The molecule has 1 amide bonds. The second-order valence-corrected chi connectivity index (χ2v) is 2.22. The van der Waals surface area contributed by atoms with Crippen molar-refractivity contribution in [3.8, 4) is 0 Å². The van der Waals surface area contributed by atoms with Gasteiger partial charge < -0.3 is 9.84 Å². The fourth-order valence-corrected chi connectivity index (χ4v) is 0.651. The second kappa shape index (κ2) is 3.18. The largest absolute Gasteiger partial charge is 0.362 e. The first kappa shape index (κ1) is 7.78. The SMILES string of the molecule is CCC(=O)Nc1conc1C. The molecule has 0 spiro atoms. The molecule has 11 heavy (non-hydrogen) atoms. The molecule has 1 aromatic rings. The van der Waals surface area contributed by atoms with Crippen LogP contribution in [0.1, 0.15) is 19.0 Å². The molecule has 1 rings (SSSR count). The van der Waals surface area contributed by atoms with Gasteiger partial charge in [-0.1, -0.05) is 12.1 Å². The van der Waals surface area contributed by atoms with Crippen LogP contribution < -0.4 is 5.32 Å². The maximum absolute atomic E-state index is 10.9. The van der Waals surface area contributed by atoms with E-state index in [-0.39, 0.29) is 5.91 Å². The molecule has 4 nitrogen and oxygen atoms in total. The number of amides is 1. The molecule has 1 N–H and O–H groups in total. The van der Waals surface area contributed by atoms with Gasteiger partial charge in [-0.05, 0) is 6.92 Å². The van der Waals surface area contributed by atoms with E-state index in [0.29, 0.717) is 17.8 Å². The van der Waals surface area contributed by atoms with E-state index in [2.05, 4.69) is 15.0 Å². The number of hydrogen-bond donors (Lipinski definition) is 1. The minimum Gasteiger partial charge on any atom is -0.362 e. The number of anilines is 1. The average Bonchev–Trinajstić information content (AvgIpc) is 2.37. The zero-order valence-corrected chi connectivity index (χ0v) is 6.55. The highest BCUT2D eigenvalue weighted by atomic mass is 16.5. The van der Waals surface area contributed by atoms with Crippen LogP contribution >= 0.6 is 0 Å². The molecule has 0 atom stereocenters. The van der Waals surface area contributed by atoms with E-state index in [9.17, 15) is 4.79 Å². The molecule has 0 aliphatic rings. The third kappa shape index (κ3) is 1.80. The molecular formula is C7H10N2O2. The maximum Gasteiger partial charge on any atom is 0.224 e. The molecule has 0 saturated carbocycles. The Kier molecular flexibility index (Phi) is 2.25. The summed E-state index contributed by atoms with van der Waals surface area (Å²) >= 11 is 0. The Balaban J connectivity index is 2.64. The zero-order chi connectivity index (χ0) is 8.27. The van der Waals surface area contributed by atoms with Crippen LogP contribution in [0.3, 0.4) is 0 Å². The summed E-state index contributed by atoms with van der Waals surface area (Å²) < 4.78 is 4.63. The van der Waals surface area contributed by atoms with Gasteiger partial charge in [0.05, 0.1) is 0 Å². The number of aryl methyl sites for hydroxylation is 1. The van der Waals surface area contributed by atoms with Crippen LogP contribution in [0.4, 0.5) is 5.69 Å². The van der Waals surface area contributed by atoms with Gasteiger partial charge >= 0.3 is 0 Å². The fraction of sp³-hybridized carbons (Fsp3) is 0.429.